The normalized spacial score (nSPS) is 10.7. The molecule has 1 heterocycles. The van der Waals surface area contributed by atoms with Crippen molar-refractivity contribution >= 4 is 5.91 Å². The van der Waals surface area contributed by atoms with Crippen molar-refractivity contribution < 1.29 is 14.3 Å². The Kier molecular flexibility index (Phi) is 7.76. The Morgan fingerprint density at radius 3 is 2.55 bits per heavy atom. The lowest BCUT2D eigenvalue weighted by Crippen LogP contribution is -2.32. The summed E-state index contributed by atoms with van der Waals surface area (Å²) in [5.41, 5.74) is 4.21. The van der Waals surface area contributed by atoms with Gasteiger partial charge in [-0.25, -0.2) is 0 Å². The molecule has 0 saturated heterocycles. The van der Waals surface area contributed by atoms with Crippen LogP contribution in [0.25, 0.3) is 0 Å². The highest BCUT2D eigenvalue weighted by atomic mass is 16.5. The number of benzene rings is 2. The van der Waals surface area contributed by atoms with E-state index in [9.17, 15) is 4.79 Å². The van der Waals surface area contributed by atoms with Crippen LogP contribution in [0.15, 0.2) is 60.8 Å². The van der Waals surface area contributed by atoms with E-state index in [0.29, 0.717) is 30.2 Å². The summed E-state index contributed by atoms with van der Waals surface area (Å²) in [7, 11) is 3.18. The maximum atomic E-state index is 13.5. The van der Waals surface area contributed by atoms with Crippen molar-refractivity contribution in [2.45, 2.75) is 39.8 Å². The highest BCUT2D eigenvalue weighted by molar-refractivity contribution is 5.97. The average molecular weight is 421 g/mol. The van der Waals surface area contributed by atoms with Crippen LogP contribution in [-0.4, -0.2) is 36.1 Å². The molecule has 0 N–H and O–H groups in total. The first kappa shape index (κ1) is 22.5. The van der Waals surface area contributed by atoms with Gasteiger partial charge in [0, 0.05) is 31.0 Å². The number of hydrogen-bond acceptors (Lipinski definition) is 3. The van der Waals surface area contributed by atoms with Crippen LogP contribution in [0.3, 0.4) is 0 Å². The Bertz CT molecular complexity index is 1010. The molecule has 3 rings (SSSR count). The lowest BCUT2D eigenvalue weighted by Gasteiger charge is -2.25. The van der Waals surface area contributed by atoms with Gasteiger partial charge in [0.2, 0.25) is 0 Å². The van der Waals surface area contributed by atoms with E-state index < -0.39 is 0 Å². The molecule has 0 spiro atoms. The van der Waals surface area contributed by atoms with E-state index in [1.807, 2.05) is 11.0 Å². The van der Waals surface area contributed by atoms with E-state index in [0.717, 1.165) is 25.1 Å². The molecule has 0 aliphatic rings. The molecule has 0 fully saturated rings. The van der Waals surface area contributed by atoms with E-state index in [2.05, 4.69) is 54.9 Å². The zero-order valence-electron chi connectivity index (χ0n) is 18.9. The Hall–Kier alpha value is -3.21. The molecule has 0 saturated carbocycles. The van der Waals surface area contributed by atoms with Crippen LogP contribution >= 0.6 is 0 Å². The molecule has 164 valence electrons. The van der Waals surface area contributed by atoms with Crippen molar-refractivity contribution in [2.75, 3.05) is 20.8 Å². The SMILES string of the molecule is CCCCN(Cc1cccn1Cc1ccccc1C)C(=O)c1ccc(OC)cc1OC. The number of carbonyl (C=O) groups is 1. The van der Waals surface area contributed by atoms with Gasteiger partial charge >= 0.3 is 0 Å². The van der Waals surface area contributed by atoms with E-state index in [-0.39, 0.29) is 5.91 Å². The number of methoxy groups -OCH3 is 2. The fourth-order valence-electron chi connectivity index (χ4n) is 3.66. The standard InChI is InChI=1S/C26H32N2O3/c1-5-6-15-28(26(29)24-14-13-23(30-3)17-25(24)31-4)19-22-12-9-16-27(22)18-21-11-8-7-10-20(21)2/h7-14,16-17H,5-6,15,18-19H2,1-4H3. The number of nitrogens with zero attached hydrogens (tertiary/aromatic N) is 2. The second-order valence-electron chi connectivity index (χ2n) is 7.70. The minimum absolute atomic E-state index is 0.0309. The van der Waals surface area contributed by atoms with Crippen LogP contribution in [0, 0.1) is 6.92 Å². The summed E-state index contributed by atoms with van der Waals surface area (Å²) in [6.07, 6.45) is 4.05. The summed E-state index contributed by atoms with van der Waals surface area (Å²) >= 11 is 0. The molecule has 1 amide bonds. The third-order valence-corrected chi connectivity index (χ3v) is 5.59. The van der Waals surface area contributed by atoms with E-state index >= 15 is 0 Å². The molecule has 5 heteroatoms. The van der Waals surface area contributed by atoms with E-state index in [4.69, 9.17) is 9.47 Å². The van der Waals surface area contributed by atoms with Gasteiger partial charge in [-0.3, -0.25) is 4.79 Å². The second-order valence-corrected chi connectivity index (χ2v) is 7.70. The zero-order chi connectivity index (χ0) is 22.2. The molecule has 0 aliphatic carbocycles. The number of aromatic nitrogens is 1. The van der Waals surface area contributed by atoms with Crippen molar-refractivity contribution in [1.82, 2.24) is 9.47 Å². The van der Waals surface area contributed by atoms with Crippen molar-refractivity contribution in [1.29, 1.82) is 0 Å². The summed E-state index contributed by atoms with van der Waals surface area (Å²) in [5.74, 6) is 1.17. The van der Waals surface area contributed by atoms with Crippen molar-refractivity contribution in [3.05, 3.63) is 83.2 Å². The van der Waals surface area contributed by atoms with Crippen LogP contribution in [0.1, 0.15) is 46.9 Å². The van der Waals surface area contributed by atoms with Gasteiger partial charge in [0.25, 0.3) is 5.91 Å². The molecular formula is C26H32N2O3. The van der Waals surface area contributed by atoms with Gasteiger partial charge in [0.05, 0.1) is 26.3 Å². The van der Waals surface area contributed by atoms with Gasteiger partial charge in [-0.05, 0) is 48.7 Å². The Morgan fingerprint density at radius 2 is 1.84 bits per heavy atom. The predicted molar refractivity (Wildman–Crippen MR) is 124 cm³/mol. The Balaban J connectivity index is 1.85. The van der Waals surface area contributed by atoms with Gasteiger partial charge in [0.1, 0.15) is 11.5 Å². The summed E-state index contributed by atoms with van der Waals surface area (Å²) in [6.45, 7) is 6.30. The highest BCUT2D eigenvalue weighted by Gasteiger charge is 2.21. The summed E-state index contributed by atoms with van der Waals surface area (Å²) in [6, 6.07) is 17.9. The largest absolute Gasteiger partial charge is 0.497 e. The molecule has 0 unspecified atom stereocenters. The number of rotatable bonds is 10. The predicted octanol–water partition coefficient (Wildman–Crippen LogP) is 5.30. The fraction of sp³-hybridized carbons (Fsp3) is 0.346. The number of unbranched alkanes of at least 4 members (excludes halogenated alkanes) is 1. The second kappa shape index (κ2) is 10.7. The minimum atomic E-state index is -0.0309. The molecule has 0 atom stereocenters. The Morgan fingerprint density at radius 1 is 1.03 bits per heavy atom. The molecule has 0 radical (unpaired) electrons. The summed E-state index contributed by atoms with van der Waals surface area (Å²) < 4.78 is 13.0. The number of hydrogen-bond donors (Lipinski definition) is 0. The van der Waals surface area contributed by atoms with Gasteiger partial charge in [-0.15, -0.1) is 0 Å². The van der Waals surface area contributed by atoms with Gasteiger partial charge in [0.15, 0.2) is 0 Å². The van der Waals surface area contributed by atoms with Crippen LogP contribution in [0.2, 0.25) is 0 Å². The molecule has 1 aromatic heterocycles. The lowest BCUT2D eigenvalue weighted by atomic mass is 10.1. The topological polar surface area (TPSA) is 43.7 Å². The molecule has 3 aromatic rings. The number of aryl methyl sites for hydroxylation is 1. The number of amides is 1. The molecular weight excluding hydrogens is 388 g/mol. The first-order valence-electron chi connectivity index (χ1n) is 10.8. The molecule has 0 bridgehead atoms. The molecule has 2 aromatic carbocycles. The average Bonchev–Trinajstić information content (AvgIpc) is 3.23. The molecule has 31 heavy (non-hydrogen) atoms. The van der Waals surface area contributed by atoms with Crippen molar-refractivity contribution in [3.63, 3.8) is 0 Å². The summed E-state index contributed by atoms with van der Waals surface area (Å²) in [5, 5.41) is 0. The number of carbonyl (C=O) groups excluding carboxylic acids is 1. The van der Waals surface area contributed by atoms with Gasteiger partial charge < -0.3 is 18.9 Å². The highest BCUT2D eigenvalue weighted by Crippen LogP contribution is 2.26. The van der Waals surface area contributed by atoms with Crippen LogP contribution in [-0.2, 0) is 13.1 Å². The molecule has 0 aliphatic heterocycles. The summed E-state index contributed by atoms with van der Waals surface area (Å²) in [4.78, 5) is 15.4. The maximum absolute atomic E-state index is 13.5. The fourth-order valence-corrected chi connectivity index (χ4v) is 3.66. The van der Waals surface area contributed by atoms with Crippen LogP contribution in [0.4, 0.5) is 0 Å². The first-order valence-corrected chi connectivity index (χ1v) is 10.8. The maximum Gasteiger partial charge on any atom is 0.257 e. The van der Waals surface area contributed by atoms with Crippen molar-refractivity contribution in [2.24, 2.45) is 0 Å². The zero-order valence-corrected chi connectivity index (χ0v) is 18.9. The third-order valence-electron chi connectivity index (χ3n) is 5.59. The monoisotopic (exact) mass is 420 g/mol. The van der Waals surface area contributed by atoms with Gasteiger partial charge in [-0.2, -0.15) is 0 Å². The van der Waals surface area contributed by atoms with Gasteiger partial charge in [-0.1, -0.05) is 37.6 Å². The minimum Gasteiger partial charge on any atom is -0.497 e. The number of ether oxygens (including phenoxy) is 2. The lowest BCUT2D eigenvalue weighted by molar-refractivity contribution is 0.0733. The van der Waals surface area contributed by atoms with E-state index in [1.165, 1.54) is 11.1 Å². The molecule has 5 nitrogen and oxygen atoms in total. The quantitative estimate of drug-likeness (QED) is 0.447. The third kappa shape index (κ3) is 5.48. The van der Waals surface area contributed by atoms with Crippen LogP contribution < -0.4 is 9.47 Å². The van der Waals surface area contributed by atoms with Crippen molar-refractivity contribution in [3.8, 4) is 11.5 Å². The Labute approximate surface area is 185 Å². The van der Waals surface area contributed by atoms with E-state index in [1.54, 1.807) is 32.4 Å². The first-order chi connectivity index (χ1) is 15.1. The van der Waals surface area contributed by atoms with Crippen LogP contribution in [0.5, 0.6) is 11.5 Å². The smallest absolute Gasteiger partial charge is 0.257 e.